The molecule has 1 aromatic carbocycles. The molecule has 0 aliphatic rings. The highest BCUT2D eigenvalue weighted by Crippen LogP contribution is 2.19. The van der Waals surface area contributed by atoms with Gasteiger partial charge < -0.3 is 11.1 Å². The predicted octanol–water partition coefficient (Wildman–Crippen LogP) is 1.32. The van der Waals surface area contributed by atoms with Gasteiger partial charge in [0.25, 0.3) is 0 Å². The molecule has 4 nitrogen and oxygen atoms in total. The summed E-state index contributed by atoms with van der Waals surface area (Å²) in [6.45, 7) is 2.50. The molecule has 2 atom stereocenters. The summed E-state index contributed by atoms with van der Waals surface area (Å²) in [6.07, 6.45) is 1.68. The molecule has 0 fully saturated rings. The molecule has 0 saturated heterocycles. The largest absolute Gasteiger partial charge is 0.397 e. The van der Waals surface area contributed by atoms with E-state index in [-0.39, 0.29) is 5.25 Å². The maximum atomic E-state index is 11.1. The molecule has 1 aromatic rings. The highest BCUT2D eigenvalue weighted by atomic mass is 32.2. The number of nitrogens with one attached hydrogen (secondary N) is 1. The Hall–Kier alpha value is -1.54. The minimum atomic E-state index is -0.852. The van der Waals surface area contributed by atoms with Crippen molar-refractivity contribution in [1.29, 1.82) is 5.26 Å². The fraction of sp³-hybridized carbons (Fsp3) is 0.364. The normalized spacial score (nSPS) is 13.8. The van der Waals surface area contributed by atoms with E-state index in [0.717, 1.165) is 5.69 Å². The first-order valence-electron chi connectivity index (χ1n) is 4.90. The lowest BCUT2D eigenvalue weighted by Gasteiger charge is -2.12. The molecule has 0 spiro atoms. The fourth-order valence-corrected chi connectivity index (χ4v) is 1.48. The third-order valence-corrected chi connectivity index (χ3v) is 3.63. The second kappa shape index (κ2) is 5.52. The third kappa shape index (κ3) is 3.24. The smallest absolute Gasteiger partial charge is 0.0992 e. The lowest BCUT2D eigenvalue weighted by atomic mass is 10.2. The van der Waals surface area contributed by atoms with Gasteiger partial charge in [0.2, 0.25) is 0 Å². The van der Waals surface area contributed by atoms with E-state index >= 15 is 0 Å². The maximum Gasteiger partial charge on any atom is 0.0992 e. The summed E-state index contributed by atoms with van der Waals surface area (Å²) in [6, 6.07) is 7.11. The van der Waals surface area contributed by atoms with E-state index in [1.165, 1.54) is 0 Å². The SMILES string of the molecule is CC(CNc1ccc(C#N)cc1N)S(C)=O. The van der Waals surface area contributed by atoms with Crippen LogP contribution in [0.4, 0.5) is 11.4 Å². The topological polar surface area (TPSA) is 78.9 Å². The van der Waals surface area contributed by atoms with Gasteiger partial charge >= 0.3 is 0 Å². The number of hydrogen-bond acceptors (Lipinski definition) is 4. The van der Waals surface area contributed by atoms with Gasteiger partial charge in [-0.25, -0.2) is 0 Å². The zero-order chi connectivity index (χ0) is 12.1. The van der Waals surface area contributed by atoms with Gasteiger partial charge in [-0.2, -0.15) is 5.26 Å². The quantitative estimate of drug-likeness (QED) is 0.774. The molecule has 2 unspecified atom stereocenters. The Morgan fingerprint density at radius 3 is 2.81 bits per heavy atom. The van der Waals surface area contributed by atoms with Gasteiger partial charge in [-0.15, -0.1) is 0 Å². The first kappa shape index (κ1) is 12.5. The van der Waals surface area contributed by atoms with Gasteiger partial charge in [0.15, 0.2) is 0 Å². The van der Waals surface area contributed by atoms with E-state index in [1.54, 1.807) is 24.5 Å². The number of nitrogens with two attached hydrogens (primary N) is 1. The van der Waals surface area contributed by atoms with Gasteiger partial charge in [-0.1, -0.05) is 0 Å². The molecular weight excluding hydrogens is 222 g/mol. The molecule has 3 N–H and O–H groups in total. The van der Waals surface area contributed by atoms with Crippen molar-refractivity contribution in [1.82, 2.24) is 0 Å². The van der Waals surface area contributed by atoms with Crippen molar-refractivity contribution in [3.8, 4) is 6.07 Å². The van der Waals surface area contributed by atoms with Crippen LogP contribution in [-0.4, -0.2) is 22.3 Å². The standard InChI is InChI=1S/C11H15N3OS/c1-8(16(2)15)7-14-11-4-3-9(6-12)5-10(11)13/h3-5,8,14H,7,13H2,1-2H3. The van der Waals surface area contributed by atoms with Crippen molar-refractivity contribution in [3.63, 3.8) is 0 Å². The Bertz CT molecular complexity index is 439. The van der Waals surface area contributed by atoms with Gasteiger partial charge in [0, 0.05) is 28.9 Å². The molecule has 1 rings (SSSR count). The molecule has 0 aliphatic carbocycles. The zero-order valence-corrected chi connectivity index (χ0v) is 10.2. The summed E-state index contributed by atoms with van der Waals surface area (Å²) in [7, 11) is -0.852. The van der Waals surface area contributed by atoms with E-state index in [1.807, 2.05) is 13.0 Å². The summed E-state index contributed by atoms with van der Waals surface area (Å²) in [4.78, 5) is 0. The number of nitriles is 1. The van der Waals surface area contributed by atoms with Gasteiger partial charge in [0.1, 0.15) is 0 Å². The van der Waals surface area contributed by atoms with E-state index in [4.69, 9.17) is 11.0 Å². The van der Waals surface area contributed by atoms with Crippen molar-refractivity contribution in [2.45, 2.75) is 12.2 Å². The fourth-order valence-electron chi connectivity index (χ4n) is 1.16. The first-order valence-corrected chi connectivity index (χ1v) is 6.52. The van der Waals surface area contributed by atoms with Crippen LogP contribution in [0.2, 0.25) is 0 Å². The summed E-state index contributed by atoms with van der Waals surface area (Å²) >= 11 is 0. The Balaban J connectivity index is 2.69. The average molecular weight is 237 g/mol. The van der Waals surface area contributed by atoms with Crippen molar-refractivity contribution in [3.05, 3.63) is 23.8 Å². The highest BCUT2D eigenvalue weighted by molar-refractivity contribution is 7.84. The van der Waals surface area contributed by atoms with Crippen molar-refractivity contribution >= 4 is 22.2 Å². The average Bonchev–Trinajstić information content (AvgIpc) is 2.26. The third-order valence-electron chi connectivity index (χ3n) is 2.33. The molecule has 0 saturated carbocycles. The maximum absolute atomic E-state index is 11.1. The van der Waals surface area contributed by atoms with E-state index in [9.17, 15) is 4.21 Å². The lowest BCUT2D eigenvalue weighted by molar-refractivity contribution is 0.679. The summed E-state index contributed by atoms with van der Waals surface area (Å²) < 4.78 is 11.1. The molecule has 5 heteroatoms. The minimum Gasteiger partial charge on any atom is -0.397 e. The van der Waals surface area contributed by atoms with Crippen molar-refractivity contribution in [2.24, 2.45) is 0 Å². The first-order chi connectivity index (χ1) is 7.54. The monoisotopic (exact) mass is 237 g/mol. The number of benzene rings is 1. The van der Waals surface area contributed by atoms with Crippen LogP contribution in [0.3, 0.4) is 0 Å². The van der Waals surface area contributed by atoms with Crippen LogP contribution in [0, 0.1) is 11.3 Å². The van der Waals surface area contributed by atoms with Crippen LogP contribution in [0.15, 0.2) is 18.2 Å². The molecule has 0 bridgehead atoms. The molecule has 0 amide bonds. The van der Waals surface area contributed by atoms with Crippen LogP contribution in [0.5, 0.6) is 0 Å². The molecule has 0 heterocycles. The van der Waals surface area contributed by atoms with Crippen molar-refractivity contribution in [2.75, 3.05) is 23.9 Å². The minimum absolute atomic E-state index is 0.0649. The van der Waals surface area contributed by atoms with Gasteiger partial charge in [-0.3, -0.25) is 4.21 Å². The van der Waals surface area contributed by atoms with Gasteiger partial charge in [-0.05, 0) is 25.1 Å². The summed E-state index contributed by atoms with van der Waals surface area (Å²) in [5.74, 6) is 0. The van der Waals surface area contributed by atoms with Crippen LogP contribution in [0.25, 0.3) is 0 Å². The van der Waals surface area contributed by atoms with Crippen LogP contribution in [0.1, 0.15) is 12.5 Å². The molecule has 16 heavy (non-hydrogen) atoms. The Labute approximate surface area is 97.9 Å². The molecule has 0 radical (unpaired) electrons. The zero-order valence-electron chi connectivity index (χ0n) is 9.36. The van der Waals surface area contributed by atoms with E-state index in [2.05, 4.69) is 5.32 Å². The number of anilines is 2. The van der Waals surface area contributed by atoms with E-state index in [0.29, 0.717) is 17.8 Å². The van der Waals surface area contributed by atoms with Crippen LogP contribution in [-0.2, 0) is 10.8 Å². The number of nitrogen functional groups attached to an aromatic ring is 1. The highest BCUT2D eigenvalue weighted by Gasteiger charge is 2.07. The second-order valence-electron chi connectivity index (χ2n) is 3.60. The Morgan fingerprint density at radius 2 is 2.31 bits per heavy atom. The number of hydrogen-bond donors (Lipinski definition) is 2. The van der Waals surface area contributed by atoms with Crippen molar-refractivity contribution < 1.29 is 4.21 Å². The second-order valence-corrected chi connectivity index (χ2v) is 5.41. The molecule has 0 aromatic heterocycles. The molecule has 0 aliphatic heterocycles. The summed E-state index contributed by atoms with van der Waals surface area (Å²) in [5, 5.41) is 11.9. The van der Waals surface area contributed by atoms with E-state index < -0.39 is 10.8 Å². The Morgan fingerprint density at radius 1 is 1.62 bits per heavy atom. The number of rotatable bonds is 4. The molecular formula is C11H15N3OS. The number of nitrogens with zero attached hydrogens (tertiary/aromatic N) is 1. The molecule has 86 valence electrons. The van der Waals surface area contributed by atoms with Gasteiger partial charge in [0.05, 0.1) is 23.0 Å². The Kier molecular flexibility index (Phi) is 4.32. The lowest BCUT2D eigenvalue weighted by Crippen LogP contribution is -2.21. The predicted molar refractivity (Wildman–Crippen MR) is 67.6 cm³/mol. The van der Waals surface area contributed by atoms with Crippen LogP contribution < -0.4 is 11.1 Å². The van der Waals surface area contributed by atoms with Crippen LogP contribution >= 0.6 is 0 Å². The summed E-state index contributed by atoms with van der Waals surface area (Å²) in [5.41, 5.74) is 7.62.